The van der Waals surface area contributed by atoms with Crippen molar-refractivity contribution in [2.45, 2.75) is 4.90 Å². The number of nitro groups is 1. The predicted molar refractivity (Wildman–Crippen MR) is 141 cm³/mol. The first-order valence-electron chi connectivity index (χ1n) is 10.3. The van der Waals surface area contributed by atoms with Crippen molar-refractivity contribution in [3.05, 3.63) is 114 Å². The molecule has 1 heterocycles. The Morgan fingerprint density at radius 3 is 1.74 bits per heavy atom. The maximum absolute atomic E-state index is 13.5. The summed E-state index contributed by atoms with van der Waals surface area (Å²) in [6, 6.07) is 19.4. The Bertz CT molecular complexity index is 1410. The minimum atomic E-state index is -4.04. The zero-order valence-electron chi connectivity index (χ0n) is 18.1. The molecule has 0 saturated carbocycles. The maximum atomic E-state index is 13.5. The van der Waals surface area contributed by atoms with Crippen molar-refractivity contribution in [1.29, 1.82) is 0 Å². The molecule has 0 unspecified atom stereocenters. The van der Waals surface area contributed by atoms with Crippen molar-refractivity contribution < 1.29 is 18.1 Å². The molecule has 35 heavy (non-hydrogen) atoms. The van der Waals surface area contributed by atoms with Crippen LogP contribution in [0.4, 0.5) is 5.69 Å². The highest BCUT2D eigenvalue weighted by Crippen LogP contribution is 2.28. The Labute approximate surface area is 219 Å². The molecule has 10 heteroatoms. The Balaban J connectivity index is 1.78. The molecule has 3 aromatic rings. The monoisotopic (exact) mass is 616 g/mol. The number of rotatable bonds is 5. The van der Waals surface area contributed by atoms with Crippen LogP contribution in [-0.4, -0.2) is 36.5 Å². The predicted octanol–water partition coefficient (Wildman–Crippen LogP) is 5.86. The fraction of sp³-hybridized carbons (Fsp3) is 0.0800. The number of hydrogen-bond donors (Lipinski definition) is 0. The van der Waals surface area contributed by atoms with E-state index in [1.165, 1.54) is 16.4 Å². The van der Waals surface area contributed by atoms with E-state index in [-0.39, 0.29) is 29.5 Å². The average molecular weight is 618 g/mol. The third-order valence-electron chi connectivity index (χ3n) is 5.34. The standard InChI is InChI=1S/C25H18Br2N2O5S/c26-21-5-1-3-17(13-21)11-19-15-28(35(33,34)24-9-7-23(8-10-24)29(31)32)16-20(25(19)30)12-18-4-2-6-22(27)14-18/h1-14H,15-16H2/b19-11+,20-12+. The molecular formula is C25H18Br2N2O5S. The van der Waals surface area contributed by atoms with Gasteiger partial charge in [0.05, 0.1) is 9.82 Å². The quantitative estimate of drug-likeness (QED) is 0.203. The number of benzene rings is 3. The van der Waals surface area contributed by atoms with Crippen LogP contribution in [-0.2, 0) is 14.8 Å². The molecule has 0 amide bonds. The summed E-state index contributed by atoms with van der Waals surface area (Å²) in [5, 5.41) is 11.0. The van der Waals surface area contributed by atoms with Gasteiger partial charge in [0, 0.05) is 45.3 Å². The number of carbonyl (C=O) groups is 1. The van der Waals surface area contributed by atoms with Crippen LogP contribution in [0.5, 0.6) is 0 Å². The lowest BCUT2D eigenvalue weighted by Gasteiger charge is -2.29. The van der Waals surface area contributed by atoms with Gasteiger partial charge in [0.15, 0.2) is 5.78 Å². The number of nitro benzene ring substituents is 1. The van der Waals surface area contributed by atoms with E-state index in [1.807, 2.05) is 48.5 Å². The molecule has 1 aliphatic heterocycles. The molecule has 7 nitrogen and oxygen atoms in total. The Morgan fingerprint density at radius 2 is 1.31 bits per heavy atom. The number of ketones is 1. The number of piperidine rings is 1. The Morgan fingerprint density at radius 1 is 0.829 bits per heavy atom. The number of non-ortho nitro benzene ring substituents is 1. The molecule has 0 spiro atoms. The van der Waals surface area contributed by atoms with Crippen molar-refractivity contribution >= 4 is 65.5 Å². The van der Waals surface area contributed by atoms with Gasteiger partial charge in [0.2, 0.25) is 10.0 Å². The molecule has 0 aromatic heterocycles. The largest absolute Gasteiger partial charge is 0.289 e. The van der Waals surface area contributed by atoms with Crippen LogP contribution in [0.15, 0.2) is 97.8 Å². The number of sulfonamides is 1. The summed E-state index contributed by atoms with van der Waals surface area (Å²) < 4.78 is 29.8. The van der Waals surface area contributed by atoms with Gasteiger partial charge in [-0.15, -0.1) is 0 Å². The smallest absolute Gasteiger partial charge is 0.269 e. The van der Waals surface area contributed by atoms with Gasteiger partial charge in [0.25, 0.3) is 5.69 Å². The minimum absolute atomic E-state index is 0.0824. The number of Topliss-reactive ketones (excluding diaryl/α,β-unsaturated/α-hetero) is 1. The van der Waals surface area contributed by atoms with E-state index in [9.17, 15) is 23.3 Å². The second-order valence-electron chi connectivity index (χ2n) is 7.80. The Hall–Kier alpha value is -2.92. The second-order valence-corrected chi connectivity index (χ2v) is 11.6. The van der Waals surface area contributed by atoms with E-state index in [4.69, 9.17) is 0 Å². The molecule has 0 aliphatic carbocycles. The van der Waals surface area contributed by atoms with E-state index in [0.29, 0.717) is 11.1 Å². The van der Waals surface area contributed by atoms with Gasteiger partial charge in [0.1, 0.15) is 0 Å². The number of nitrogens with zero attached hydrogens (tertiary/aromatic N) is 2. The summed E-state index contributed by atoms with van der Waals surface area (Å²) in [5.74, 6) is -0.236. The van der Waals surface area contributed by atoms with Crippen LogP contribution in [0.1, 0.15) is 11.1 Å². The van der Waals surface area contributed by atoms with Crippen molar-refractivity contribution in [2.75, 3.05) is 13.1 Å². The molecule has 0 bridgehead atoms. The zero-order chi connectivity index (χ0) is 25.2. The molecule has 4 rings (SSSR count). The SMILES string of the molecule is O=C1/C(=C/c2cccc(Br)c2)CN(S(=O)(=O)c2ccc([N+](=O)[O-])cc2)C/C1=C\c1cccc(Br)c1. The van der Waals surface area contributed by atoms with E-state index in [0.717, 1.165) is 32.2 Å². The lowest BCUT2D eigenvalue weighted by molar-refractivity contribution is -0.384. The molecule has 1 saturated heterocycles. The van der Waals surface area contributed by atoms with Crippen molar-refractivity contribution in [3.63, 3.8) is 0 Å². The summed E-state index contributed by atoms with van der Waals surface area (Å²) in [5.41, 5.74) is 1.93. The van der Waals surface area contributed by atoms with Gasteiger partial charge in [-0.05, 0) is 59.7 Å². The number of carbonyl (C=O) groups excluding carboxylic acids is 1. The highest BCUT2D eigenvalue weighted by atomic mass is 79.9. The van der Waals surface area contributed by atoms with Crippen LogP contribution in [0.25, 0.3) is 12.2 Å². The van der Waals surface area contributed by atoms with Crippen molar-refractivity contribution in [3.8, 4) is 0 Å². The van der Waals surface area contributed by atoms with Gasteiger partial charge in [-0.25, -0.2) is 8.42 Å². The highest BCUT2D eigenvalue weighted by Gasteiger charge is 2.34. The zero-order valence-corrected chi connectivity index (χ0v) is 22.1. The van der Waals surface area contributed by atoms with Crippen LogP contribution in [0.3, 0.4) is 0 Å². The molecule has 0 N–H and O–H groups in total. The number of hydrogen-bond acceptors (Lipinski definition) is 5. The third kappa shape index (κ3) is 5.84. The first kappa shape index (κ1) is 25.2. The topological polar surface area (TPSA) is 97.6 Å². The maximum Gasteiger partial charge on any atom is 0.269 e. The van der Waals surface area contributed by atoms with Gasteiger partial charge in [-0.1, -0.05) is 56.1 Å². The fourth-order valence-corrected chi connectivity index (χ4v) is 5.89. The summed E-state index contributed by atoms with van der Waals surface area (Å²) in [4.78, 5) is 23.7. The van der Waals surface area contributed by atoms with E-state index in [2.05, 4.69) is 31.9 Å². The Kier molecular flexibility index (Phi) is 7.46. The lowest BCUT2D eigenvalue weighted by Crippen LogP contribution is -2.41. The van der Waals surface area contributed by atoms with Crippen LogP contribution < -0.4 is 0 Å². The number of halogens is 2. The summed E-state index contributed by atoms with van der Waals surface area (Å²) in [6.07, 6.45) is 3.36. The average Bonchev–Trinajstić information content (AvgIpc) is 2.81. The second kappa shape index (κ2) is 10.4. The summed E-state index contributed by atoms with van der Waals surface area (Å²) in [7, 11) is -4.04. The van der Waals surface area contributed by atoms with E-state index < -0.39 is 14.9 Å². The summed E-state index contributed by atoms with van der Waals surface area (Å²) >= 11 is 6.82. The van der Waals surface area contributed by atoms with Gasteiger partial charge in [-0.2, -0.15) is 4.31 Å². The van der Waals surface area contributed by atoms with E-state index in [1.54, 1.807) is 12.2 Å². The summed E-state index contributed by atoms with van der Waals surface area (Å²) in [6.45, 7) is -0.249. The first-order chi connectivity index (χ1) is 16.6. The third-order valence-corrected chi connectivity index (χ3v) is 8.13. The van der Waals surface area contributed by atoms with Crippen LogP contribution >= 0.6 is 31.9 Å². The van der Waals surface area contributed by atoms with Crippen LogP contribution in [0, 0.1) is 10.1 Å². The molecule has 1 fully saturated rings. The van der Waals surface area contributed by atoms with Gasteiger partial charge >= 0.3 is 0 Å². The van der Waals surface area contributed by atoms with E-state index >= 15 is 0 Å². The molecule has 0 atom stereocenters. The molecule has 3 aromatic carbocycles. The van der Waals surface area contributed by atoms with Gasteiger partial charge < -0.3 is 0 Å². The molecular weight excluding hydrogens is 600 g/mol. The first-order valence-corrected chi connectivity index (χ1v) is 13.4. The fourth-order valence-electron chi connectivity index (χ4n) is 3.66. The van der Waals surface area contributed by atoms with Crippen molar-refractivity contribution in [2.24, 2.45) is 0 Å². The highest BCUT2D eigenvalue weighted by molar-refractivity contribution is 9.10. The minimum Gasteiger partial charge on any atom is -0.289 e. The normalized spacial score (nSPS) is 17.1. The lowest BCUT2D eigenvalue weighted by atomic mass is 9.95. The van der Waals surface area contributed by atoms with Gasteiger partial charge in [-0.3, -0.25) is 14.9 Å². The molecule has 1 aliphatic rings. The molecule has 178 valence electrons. The molecule has 0 radical (unpaired) electrons. The van der Waals surface area contributed by atoms with Crippen molar-refractivity contribution in [1.82, 2.24) is 4.31 Å². The van der Waals surface area contributed by atoms with Crippen LogP contribution in [0.2, 0.25) is 0 Å².